The van der Waals surface area contributed by atoms with Crippen molar-refractivity contribution in [3.05, 3.63) is 46.5 Å². The molecular formula is C20H28O5S. The lowest BCUT2D eigenvalue weighted by molar-refractivity contribution is 0.188. The molecule has 5 nitrogen and oxygen atoms in total. The number of sulfone groups is 1. The number of aliphatic hydroxyl groups is 2. The summed E-state index contributed by atoms with van der Waals surface area (Å²) in [5.74, 6) is 0.156. The lowest BCUT2D eigenvalue weighted by Gasteiger charge is -2.19. The topological polar surface area (TPSA) is 94.8 Å². The Labute approximate surface area is 155 Å². The largest absolute Gasteiger partial charge is 0.508 e. The fraction of sp³-hybridized carbons (Fsp3) is 0.500. The molecule has 1 aliphatic heterocycles. The van der Waals surface area contributed by atoms with Crippen LogP contribution in [0.2, 0.25) is 0 Å². The Morgan fingerprint density at radius 1 is 1.31 bits per heavy atom. The molecule has 0 aromatic heterocycles. The van der Waals surface area contributed by atoms with E-state index in [9.17, 15) is 23.7 Å². The summed E-state index contributed by atoms with van der Waals surface area (Å²) in [7, 11) is -3.42. The molecule has 144 valence electrons. The lowest BCUT2D eigenvalue weighted by atomic mass is 9.93. The van der Waals surface area contributed by atoms with Crippen molar-refractivity contribution in [2.75, 3.05) is 12.4 Å². The van der Waals surface area contributed by atoms with Gasteiger partial charge in [-0.25, -0.2) is 8.42 Å². The summed E-state index contributed by atoms with van der Waals surface area (Å²) >= 11 is 0. The van der Waals surface area contributed by atoms with Gasteiger partial charge in [-0.1, -0.05) is 42.7 Å². The van der Waals surface area contributed by atoms with E-state index in [1.165, 1.54) is 0 Å². The SMILES string of the molecule is CCCC1=C([C@H](O)CC/C(C)=C/c2ccc(O)cc2)[C@H](CO)S(=O)(=O)C1. The highest BCUT2D eigenvalue weighted by Gasteiger charge is 2.40. The number of hydrogen-bond donors (Lipinski definition) is 3. The molecule has 0 saturated carbocycles. The molecule has 1 aliphatic rings. The minimum atomic E-state index is -3.42. The fourth-order valence-corrected chi connectivity index (χ4v) is 5.41. The Morgan fingerprint density at radius 3 is 2.54 bits per heavy atom. The van der Waals surface area contributed by atoms with Gasteiger partial charge in [0.15, 0.2) is 9.84 Å². The van der Waals surface area contributed by atoms with Gasteiger partial charge >= 0.3 is 0 Å². The number of benzene rings is 1. The van der Waals surface area contributed by atoms with Crippen LogP contribution in [0, 0.1) is 0 Å². The number of phenols is 1. The molecule has 0 radical (unpaired) electrons. The van der Waals surface area contributed by atoms with Crippen LogP contribution in [0.5, 0.6) is 5.75 Å². The summed E-state index contributed by atoms with van der Waals surface area (Å²) in [5.41, 5.74) is 3.28. The van der Waals surface area contributed by atoms with Crippen LogP contribution in [-0.4, -0.2) is 47.5 Å². The number of rotatable bonds is 8. The average Bonchev–Trinajstić information content (AvgIpc) is 2.84. The molecule has 0 unspecified atom stereocenters. The second-order valence-corrected chi connectivity index (χ2v) is 9.11. The zero-order valence-electron chi connectivity index (χ0n) is 15.4. The highest BCUT2D eigenvalue weighted by Crippen LogP contribution is 2.34. The maximum Gasteiger partial charge on any atom is 0.163 e. The number of aromatic hydroxyl groups is 1. The Bertz CT molecular complexity index is 775. The number of aliphatic hydroxyl groups excluding tert-OH is 2. The maximum absolute atomic E-state index is 12.3. The van der Waals surface area contributed by atoms with Gasteiger partial charge in [0.1, 0.15) is 11.0 Å². The van der Waals surface area contributed by atoms with Crippen molar-refractivity contribution in [3.63, 3.8) is 0 Å². The molecule has 0 aliphatic carbocycles. The van der Waals surface area contributed by atoms with Crippen molar-refractivity contribution in [2.45, 2.75) is 50.9 Å². The quantitative estimate of drug-likeness (QED) is 0.603. The smallest absolute Gasteiger partial charge is 0.163 e. The van der Waals surface area contributed by atoms with Gasteiger partial charge in [0.25, 0.3) is 0 Å². The lowest BCUT2D eigenvalue weighted by Crippen LogP contribution is -2.29. The van der Waals surface area contributed by atoms with E-state index in [0.29, 0.717) is 24.8 Å². The molecule has 3 N–H and O–H groups in total. The summed E-state index contributed by atoms with van der Waals surface area (Å²) in [5, 5.41) is 28.5. The first kappa shape index (κ1) is 20.7. The number of phenolic OH excluding ortho intramolecular Hbond substituents is 1. The van der Waals surface area contributed by atoms with Crippen LogP contribution in [0.15, 0.2) is 41.0 Å². The van der Waals surface area contributed by atoms with Gasteiger partial charge in [-0.3, -0.25) is 0 Å². The van der Waals surface area contributed by atoms with Crippen molar-refractivity contribution in [2.24, 2.45) is 0 Å². The van der Waals surface area contributed by atoms with E-state index in [1.807, 2.05) is 32.1 Å². The summed E-state index contributed by atoms with van der Waals surface area (Å²) in [6.07, 6.45) is 3.57. The third kappa shape index (κ3) is 4.96. The minimum Gasteiger partial charge on any atom is -0.508 e. The predicted octanol–water partition coefficient (Wildman–Crippen LogP) is 2.82. The Balaban J connectivity index is 2.10. The number of hydrogen-bond acceptors (Lipinski definition) is 5. The van der Waals surface area contributed by atoms with Crippen molar-refractivity contribution in [1.29, 1.82) is 0 Å². The maximum atomic E-state index is 12.3. The van der Waals surface area contributed by atoms with Crippen LogP contribution in [0.4, 0.5) is 0 Å². The van der Waals surface area contributed by atoms with Crippen LogP contribution in [0.25, 0.3) is 6.08 Å². The monoisotopic (exact) mass is 380 g/mol. The normalized spacial score (nSPS) is 21.2. The molecule has 0 fully saturated rings. The van der Waals surface area contributed by atoms with Crippen molar-refractivity contribution in [3.8, 4) is 5.75 Å². The van der Waals surface area contributed by atoms with Crippen molar-refractivity contribution >= 4 is 15.9 Å². The van der Waals surface area contributed by atoms with Crippen LogP contribution in [0.3, 0.4) is 0 Å². The molecule has 6 heteroatoms. The highest BCUT2D eigenvalue weighted by molar-refractivity contribution is 7.92. The van der Waals surface area contributed by atoms with E-state index >= 15 is 0 Å². The molecule has 0 saturated heterocycles. The van der Waals surface area contributed by atoms with Gasteiger partial charge in [0, 0.05) is 0 Å². The van der Waals surface area contributed by atoms with E-state index in [-0.39, 0.29) is 11.5 Å². The molecule has 0 amide bonds. The molecule has 1 aromatic rings. The Morgan fingerprint density at radius 2 is 1.96 bits per heavy atom. The Hall–Kier alpha value is -1.63. The molecular weight excluding hydrogens is 352 g/mol. The van der Waals surface area contributed by atoms with Gasteiger partial charge in [-0.2, -0.15) is 0 Å². The van der Waals surface area contributed by atoms with Crippen LogP contribution < -0.4 is 0 Å². The van der Waals surface area contributed by atoms with Gasteiger partial charge in [-0.05, 0) is 49.5 Å². The summed E-state index contributed by atoms with van der Waals surface area (Å²) < 4.78 is 24.5. The van der Waals surface area contributed by atoms with E-state index in [4.69, 9.17) is 0 Å². The third-order valence-corrected chi connectivity index (χ3v) is 6.78. The van der Waals surface area contributed by atoms with Crippen LogP contribution >= 0.6 is 0 Å². The first-order valence-corrected chi connectivity index (χ1v) is 10.7. The van der Waals surface area contributed by atoms with Gasteiger partial charge in [0.05, 0.1) is 18.5 Å². The van der Waals surface area contributed by atoms with Gasteiger partial charge in [0.2, 0.25) is 0 Å². The summed E-state index contributed by atoms with van der Waals surface area (Å²) in [6, 6.07) is 6.85. The molecule has 26 heavy (non-hydrogen) atoms. The number of allylic oxidation sites excluding steroid dienone is 1. The average molecular weight is 381 g/mol. The highest BCUT2D eigenvalue weighted by atomic mass is 32.2. The van der Waals surface area contributed by atoms with E-state index in [1.54, 1.807) is 12.1 Å². The standard InChI is InChI=1S/C20H28O5S/c1-3-4-16-13-26(24,25)19(12-21)20(16)18(23)10-5-14(2)11-15-6-8-17(22)9-7-15/h6-9,11,18-19,21-23H,3-5,10,12-13H2,1-2H3/b14-11+/t18-,19+/m1/s1. The van der Waals surface area contributed by atoms with Crippen LogP contribution in [-0.2, 0) is 9.84 Å². The van der Waals surface area contributed by atoms with E-state index in [2.05, 4.69) is 0 Å². The zero-order chi connectivity index (χ0) is 19.3. The molecule has 2 atom stereocenters. The van der Waals surface area contributed by atoms with Crippen molar-refractivity contribution < 1.29 is 23.7 Å². The second-order valence-electron chi connectivity index (χ2n) is 6.92. The first-order chi connectivity index (χ1) is 12.3. The van der Waals surface area contributed by atoms with Crippen LogP contribution in [0.1, 0.15) is 45.1 Å². The first-order valence-electron chi connectivity index (χ1n) is 8.97. The molecule has 0 spiro atoms. The predicted molar refractivity (Wildman–Crippen MR) is 104 cm³/mol. The summed E-state index contributed by atoms with van der Waals surface area (Å²) in [4.78, 5) is 0. The zero-order valence-corrected chi connectivity index (χ0v) is 16.2. The van der Waals surface area contributed by atoms with Crippen molar-refractivity contribution in [1.82, 2.24) is 0 Å². The van der Waals surface area contributed by atoms with E-state index in [0.717, 1.165) is 23.1 Å². The Kier molecular flexibility index (Phi) is 7.03. The third-order valence-electron chi connectivity index (χ3n) is 4.76. The fourth-order valence-electron chi connectivity index (χ4n) is 3.48. The molecule has 2 rings (SSSR count). The van der Waals surface area contributed by atoms with Gasteiger partial charge in [-0.15, -0.1) is 0 Å². The molecule has 1 heterocycles. The molecule has 0 bridgehead atoms. The molecule has 1 aromatic carbocycles. The van der Waals surface area contributed by atoms with E-state index < -0.39 is 27.8 Å². The summed E-state index contributed by atoms with van der Waals surface area (Å²) in [6.45, 7) is 3.44. The minimum absolute atomic E-state index is 0.0548. The second kappa shape index (κ2) is 8.84. The van der Waals surface area contributed by atoms with Gasteiger partial charge < -0.3 is 15.3 Å².